The van der Waals surface area contributed by atoms with E-state index < -0.39 is 0 Å². The fraction of sp³-hybridized carbons (Fsp3) is 1.00. The summed E-state index contributed by atoms with van der Waals surface area (Å²) in [5.74, 6) is 4.59. The average molecular weight is 209 g/mol. The summed E-state index contributed by atoms with van der Waals surface area (Å²) in [5, 5.41) is 0. The Bertz CT molecular complexity index is 213. The highest BCUT2D eigenvalue weighted by atomic mass is 14.7. The molecule has 1 nitrogen and oxygen atoms in total. The van der Waals surface area contributed by atoms with Gasteiger partial charge in [0.15, 0.2) is 0 Å². The molecular weight excluding hydrogens is 182 g/mol. The normalized spacial score (nSPS) is 52.0. The van der Waals surface area contributed by atoms with Crippen LogP contribution < -0.4 is 5.73 Å². The molecule has 0 aliphatic heterocycles. The Labute approximate surface area is 94.8 Å². The highest BCUT2D eigenvalue weighted by Crippen LogP contribution is 2.45. The number of hydrogen-bond donors (Lipinski definition) is 1. The first kappa shape index (κ1) is 11.4. The first-order chi connectivity index (χ1) is 7.09. The molecule has 1 heteroatoms. The van der Waals surface area contributed by atoms with Gasteiger partial charge in [-0.25, -0.2) is 0 Å². The largest absolute Gasteiger partial charge is 0.327 e. The van der Waals surface area contributed by atoms with Gasteiger partial charge in [0.1, 0.15) is 0 Å². The molecule has 0 spiro atoms. The minimum absolute atomic E-state index is 0.490. The molecule has 0 heterocycles. The van der Waals surface area contributed by atoms with Crippen molar-refractivity contribution in [3.05, 3.63) is 0 Å². The van der Waals surface area contributed by atoms with Gasteiger partial charge in [0.05, 0.1) is 0 Å². The van der Waals surface area contributed by atoms with E-state index in [1.165, 1.54) is 32.1 Å². The molecule has 0 aromatic heterocycles. The summed E-state index contributed by atoms with van der Waals surface area (Å²) < 4.78 is 0. The predicted molar refractivity (Wildman–Crippen MR) is 65.5 cm³/mol. The van der Waals surface area contributed by atoms with Crippen LogP contribution in [0.25, 0.3) is 0 Å². The second kappa shape index (κ2) is 4.45. The van der Waals surface area contributed by atoms with Crippen molar-refractivity contribution < 1.29 is 0 Å². The fourth-order valence-corrected chi connectivity index (χ4v) is 3.87. The Morgan fingerprint density at radius 2 is 1.60 bits per heavy atom. The minimum atomic E-state index is 0.490. The quantitative estimate of drug-likeness (QED) is 0.703. The van der Waals surface area contributed by atoms with Crippen LogP contribution in [0.4, 0.5) is 0 Å². The molecule has 2 aliphatic rings. The van der Waals surface area contributed by atoms with Crippen LogP contribution >= 0.6 is 0 Å². The summed E-state index contributed by atoms with van der Waals surface area (Å²) >= 11 is 0. The summed E-state index contributed by atoms with van der Waals surface area (Å²) in [6.45, 7) is 7.24. The molecule has 2 saturated carbocycles. The van der Waals surface area contributed by atoms with Gasteiger partial charge in [-0.2, -0.15) is 0 Å². The average Bonchev–Trinajstić information content (AvgIpc) is 2.53. The lowest BCUT2D eigenvalue weighted by atomic mass is 9.69. The molecular formula is C14H27N. The molecule has 88 valence electrons. The van der Waals surface area contributed by atoms with Crippen molar-refractivity contribution in [1.29, 1.82) is 0 Å². The zero-order valence-corrected chi connectivity index (χ0v) is 10.6. The van der Waals surface area contributed by atoms with Crippen molar-refractivity contribution in [3.63, 3.8) is 0 Å². The Hall–Kier alpha value is -0.0400. The van der Waals surface area contributed by atoms with E-state index in [4.69, 9.17) is 5.73 Å². The van der Waals surface area contributed by atoms with Crippen molar-refractivity contribution in [2.45, 2.75) is 58.9 Å². The lowest BCUT2D eigenvalue weighted by Crippen LogP contribution is -2.31. The Morgan fingerprint density at radius 1 is 0.867 bits per heavy atom. The van der Waals surface area contributed by atoms with Crippen LogP contribution in [0, 0.1) is 29.6 Å². The van der Waals surface area contributed by atoms with Crippen molar-refractivity contribution in [3.8, 4) is 0 Å². The Kier molecular flexibility index (Phi) is 3.39. The van der Waals surface area contributed by atoms with Crippen molar-refractivity contribution in [2.24, 2.45) is 35.3 Å². The van der Waals surface area contributed by atoms with Crippen LogP contribution in [0.3, 0.4) is 0 Å². The van der Waals surface area contributed by atoms with Crippen LogP contribution in [0.15, 0.2) is 0 Å². The molecule has 2 rings (SSSR count). The van der Waals surface area contributed by atoms with Crippen molar-refractivity contribution >= 4 is 0 Å². The maximum absolute atomic E-state index is 6.14. The van der Waals surface area contributed by atoms with E-state index in [1.807, 2.05) is 0 Å². The van der Waals surface area contributed by atoms with Crippen LogP contribution in [0.2, 0.25) is 0 Å². The monoisotopic (exact) mass is 209 g/mol. The minimum Gasteiger partial charge on any atom is -0.327 e. The summed E-state index contributed by atoms with van der Waals surface area (Å²) in [7, 11) is 0. The molecule has 2 N–H and O–H groups in total. The molecule has 6 atom stereocenters. The predicted octanol–water partition coefficient (Wildman–Crippen LogP) is 3.43. The molecule has 0 bridgehead atoms. The molecule has 15 heavy (non-hydrogen) atoms. The molecule has 0 aromatic carbocycles. The van der Waals surface area contributed by atoms with Crippen molar-refractivity contribution in [2.75, 3.05) is 0 Å². The van der Waals surface area contributed by atoms with Gasteiger partial charge >= 0.3 is 0 Å². The van der Waals surface area contributed by atoms with E-state index in [0.717, 1.165) is 29.6 Å². The van der Waals surface area contributed by atoms with E-state index in [1.54, 1.807) is 0 Å². The lowest BCUT2D eigenvalue weighted by Gasteiger charge is -2.37. The molecule has 0 amide bonds. The maximum atomic E-state index is 6.14. The van der Waals surface area contributed by atoms with Gasteiger partial charge in [-0.1, -0.05) is 27.2 Å². The molecule has 2 aliphatic carbocycles. The van der Waals surface area contributed by atoms with Crippen LogP contribution in [0.1, 0.15) is 52.9 Å². The molecule has 0 radical (unpaired) electrons. The van der Waals surface area contributed by atoms with E-state index in [-0.39, 0.29) is 0 Å². The number of nitrogens with two attached hydrogens (primary N) is 1. The molecule has 6 unspecified atom stereocenters. The Balaban J connectivity index is 1.94. The van der Waals surface area contributed by atoms with Crippen molar-refractivity contribution in [1.82, 2.24) is 0 Å². The van der Waals surface area contributed by atoms with E-state index in [0.29, 0.717) is 6.04 Å². The van der Waals surface area contributed by atoms with Gasteiger partial charge < -0.3 is 5.73 Å². The van der Waals surface area contributed by atoms with Gasteiger partial charge in [-0.05, 0) is 55.3 Å². The van der Waals surface area contributed by atoms with Crippen LogP contribution in [0.5, 0.6) is 0 Å². The van der Waals surface area contributed by atoms with Gasteiger partial charge in [0.2, 0.25) is 0 Å². The lowest BCUT2D eigenvalue weighted by molar-refractivity contribution is 0.135. The smallest absolute Gasteiger partial charge is 0.00673 e. The van der Waals surface area contributed by atoms with Gasteiger partial charge in [0, 0.05) is 6.04 Å². The zero-order valence-electron chi connectivity index (χ0n) is 10.6. The molecule has 2 fully saturated rings. The summed E-state index contributed by atoms with van der Waals surface area (Å²) in [6.07, 6.45) is 7.04. The second-order valence-corrected chi connectivity index (χ2v) is 6.29. The van der Waals surface area contributed by atoms with Gasteiger partial charge in [-0.3, -0.25) is 0 Å². The third kappa shape index (κ3) is 2.22. The number of hydrogen-bond acceptors (Lipinski definition) is 1. The first-order valence-corrected chi connectivity index (χ1v) is 6.85. The van der Waals surface area contributed by atoms with E-state index in [9.17, 15) is 0 Å². The zero-order chi connectivity index (χ0) is 11.0. The first-order valence-electron chi connectivity index (χ1n) is 6.85. The third-order valence-electron chi connectivity index (χ3n) is 5.43. The maximum Gasteiger partial charge on any atom is 0.00673 e. The van der Waals surface area contributed by atoms with E-state index >= 15 is 0 Å². The highest BCUT2D eigenvalue weighted by molar-refractivity contribution is 4.90. The second-order valence-electron chi connectivity index (χ2n) is 6.29. The SMILES string of the molecule is CC1CCC(C2CCC(N)C2C)CC1C. The summed E-state index contributed by atoms with van der Waals surface area (Å²) in [5.41, 5.74) is 6.14. The third-order valence-corrected chi connectivity index (χ3v) is 5.43. The van der Waals surface area contributed by atoms with Gasteiger partial charge in [-0.15, -0.1) is 0 Å². The summed E-state index contributed by atoms with van der Waals surface area (Å²) in [6, 6.07) is 0.490. The standard InChI is InChI=1S/C14H27N/c1-9-4-5-12(8-10(9)2)13-6-7-14(15)11(13)3/h9-14H,4-8,15H2,1-3H3. The topological polar surface area (TPSA) is 26.0 Å². The van der Waals surface area contributed by atoms with Gasteiger partial charge in [0.25, 0.3) is 0 Å². The molecule has 0 aromatic rings. The highest BCUT2D eigenvalue weighted by Gasteiger charge is 2.38. The number of rotatable bonds is 1. The van der Waals surface area contributed by atoms with Crippen LogP contribution in [-0.4, -0.2) is 6.04 Å². The molecule has 0 saturated heterocycles. The van der Waals surface area contributed by atoms with Crippen LogP contribution in [-0.2, 0) is 0 Å². The Morgan fingerprint density at radius 3 is 2.13 bits per heavy atom. The summed E-state index contributed by atoms with van der Waals surface area (Å²) in [4.78, 5) is 0. The fourth-order valence-electron chi connectivity index (χ4n) is 3.87. The van der Waals surface area contributed by atoms with E-state index in [2.05, 4.69) is 20.8 Å².